The van der Waals surface area contributed by atoms with Gasteiger partial charge in [0.15, 0.2) is 0 Å². The lowest BCUT2D eigenvalue weighted by atomic mass is 9.83. The second-order valence-corrected chi connectivity index (χ2v) is 11.6. The molecular formula is C46H32. The average Bonchev–Trinajstić information content (AvgIpc) is 3.14. The maximum absolute atomic E-state index is 2.39. The Morgan fingerprint density at radius 1 is 0.239 bits per heavy atom. The van der Waals surface area contributed by atoms with Gasteiger partial charge in [-0.25, -0.2) is 0 Å². The van der Waals surface area contributed by atoms with Crippen molar-refractivity contribution in [2.75, 3.05) is 0 Å². The molecule has 0 atom stereocenters. The highest BCUT2D eigenvalue weighted by Crippen LogP contribution is 2.45. The summed E-state index contributed by atoms with van der Waals surface area (Å²) in [5.41, 5.74) is 12.2. The lowest BCUT2D eigenvalue weighted by molar-refractivity contribution is 1.50. The van der Waals surface area contributed by atoms with Gasteiger partial charge in [-0.1, -0.05) is 188 Å². The summed E-state index contributed by atoms with van der Waals surface area (Å²) >= 11 is 0. The van der Waals surface area contributed by atoms with Crippen LogP contribution in [0.1, 0.15) is 22.3 Å². The van der Waals surface area contributed by atoms with Crippen LogP contribution in [0.15, 0.2) is 194 Å². The highest BCUT2D eigenvalue weighted by Gasteiger charge is 2.19. The van der Waals surface area contributed by atoms with Crippen molar-refractivity contribution in [3.05, 3.63) is 216 Å². The third-order valence-electron chi connectivity index (χ3n) is 8.87. The summed E-state index contributed by atoms with van der Waals surface area (Å²) in [5.74, 6) is 0. The van der Waals surface area contributed by atoms with E-state index in [0.717, 1.165) is 0 Å². The molecule has 0 aromatic heterocycles. The van der Waals surface area contributed by atoms with Gasteiger partial charge in [0.1, 0.15) is 0 Å². The Bertz CT molecular complexity index is 2220. The van der Waals surface area contributed by atoms with Gasteiger partial charge in [0.2, 0.25) is 0 Å². The molecule has 0 nitrogen and oxygen atoms in total. The van der Waals surface area contributed by atoms with Crippen LogP contribution in [0.5, 0.6) is 0 Å². The minimum atomic E-state index is 1.19. The molecule has 46 heavy (non-hydrogen) atoms. The van der Waals surface area contributed by atoms with E-state index in [1.54, 1.807) is 0 Å². The maximum atomic E-state index is 2.39. The van der Waals surface area contributed by atoms with E-state index in [-0.39, 0.29) is 0 Å². The van der Waals surface area contributed by atoms with Gasteiger partial charge in [-0.15, -0.1) is 0 Å². The van der Waals surface area contributed by atoms with E-state index in [0.29, 0.717) is 0 Å². The van der Waals surface area contributed by atoms with Gasteiger partial charge in [0.25, 0.3) is 0 Å². The maximum Gasteiger partial charge on any atom is -0.00262 e. The van der Waals surface area contributed by atoms with Gasteiger partial charge >= 0.3 is 0 Å². The predicted molar refractivity (Wildman–Crippen MR) is 197 cm³/mol. The minimum absolute atomic E-state index is 1.19. The first-order valence-electron chi connectivity index (χ1n) is 15.9. The van der Waals surface area contributed by atoms with Crippen molar-refractivity contribution in [1.29, 1.82) is 0 Å². The molecule has 216 valence electrons. The van der Waals surface area contributed by atoms with Crippen LogP contribution >= 0.6 is 0 Å². The van der Waals surface area contributed by atoms with Crippen LogP contribution in [-0.4, -0.2) is 0 Å². The average molecular weight is 585 g/mol. The first-order chi connectivity index (χ1) is 22.9. The molecule has 0 radical (unpaired) electrons. The Balaban J connectivity index is 1.45. The molecule has 0 aliphatic heterocycles. The monoisotopic (exact) mass is 584 g/mol. The summed E-state index contributed by atoms with van der Waals surface area (Å²) in [5, 5.41) is 5.05. The van der Waals surface area contributed by atoms with E-state index in [1.807, 2.05) is 0 Å². The molecule has 0 N–H and O–H groups in total. The van der Waals surface area contributed by atoms with E-state index in [4.69, 9.17) is 0 Å². The molecule has 0 heteroatoms. The Morgan fingerprint density at radius 3 is 0.978 bits per heavy atom. The van der Waals surface area contributed by atoms with Gasteiger partial charge in [0.05, 0.1) is 0 Å². The van der Waals surface area contributed by atoms with Gasteiger partial charge in [-0.05, 0) is 83.3 Å². The van der Waals surface area contributed by atoms with E-state index in [9.17, 15) is 0 Å². The van der Waals surface area contributed by atoms with Crippen molar-refractivity contribution in [2.45, 2.75) is 0 Å². The van der Waals surface area contributed by atoms with Crippen molar-refractivity contribution >= 4 is 32.7 Å². The zero-order valence-electron chi connectivity index (χ0n) is 25.5. The molecule has 0 amide bonds. The fourth-order valence-corrected chi connectivity index (χ4v) is 6.91. The topological polar surface area (TPSA) is 0 Å². The molecule has 0 spiro atoms. The molecule has 8 aromatic rings. The van der Waals surface area contributed by atoms with Gasteiger partial charge in [0, 0.05) is 0 Å². The molecule has 0 saturated carbocycles. The molecule has 0 unspecified atom stereocenters. The summed E-state index contributed by atoms with van der Waals surface area (Å²) in [6.07, 6.45) is 0. The minimum Gasteiger partial charge on any atom is -0.0622 e. The largest absolute Gasteiger partial charge is 0.0622 e. The lowest BCUT2D eigenvalue weighted by Crippen LogP contribution is -1.98. The van der Waals surface area contributed by atoms with Crippen LogP contribution in [0.3, 0.4) is 0 Å². The summed E-state index contributed by atoms with van der Waals surface area (Å²) in [6, 6.07) is 70.1. The second-order valence-electron chi connectivity index (χ2n) is 11.6. The van der Waals surface area contributed by atoms with Crippen LogP contribution < -0.4 is 0 Å². The zero-order chi connectivity index (χ0) is 30.7. The molecule has 0 aliphatic carbocycles. The summed E-state index contributed by atoms with van der Waals surface area (Å²) < 4.78 is 0. The van der Waals surface area contributed by atoms with Crippen molar-refractivity contribution < 1.29 is 0 Å². The Hall–Kier alpha value is -5.98. The van der Waals surface area contributed by atoms with E-state index in [2.05, 4.69) is 194 Å². The number of hydrogen-bond donors (Lipinski definition) is 0. The standard InChI is InChI=1S/C46H32/c1-5-18-33(19-6-1)43(34-20-7-2-8-21-34)44(35-22-9-3-10-23-35)37-26-17-27-38(32-37)46-41-30-15-13-28-39(41)45(36-24-11-4-12-25-36)40-29-14-16-31-42(40)46/h1-32H. The second kappa shape index (κ2) is 12.2. The Labute approximate surface area is 270 Å². The van der Waals surface area contributed by atoms with E-state index < -0.39 is 0 Å². The van der Waals surface area contributed by atoms with Gasteiger partial charge in [-0.3, -0.25) is 0 Å². The van der Waals surface area contributed by atoms with E-state index in [1.165, 1.54) is 77.2 Å². The molecule has 0 fully saturated rings. The summed E-state index contributed by atoms with van der Waals surface area (Å²) in [7, 11) is 0. The van der Waals surface area contributed by atoms with Crippen LogP contribution in [0.25, 0.3) is 54.9 Å². The fourth-order valence-electron chi connectivity index (χ4n) is 6.91. The van der Waals surface area contributed by atoms with Crippen molar-refractivity contribution in [1.82, 2.24) is 0 Å². The van der Waals surface area contributed by atoms with Crippen molar-refractivity contribution in [3.8, 4) is 22.3 Å². The molecule has 8 aromatic carbocycles. The smallest absolute Gasteiger partial charge is 0.00262 e. The van der Waals surface area contributed by atoms with Gasteiger partial charge in [-0.2, -0.15) is 0 Å². The van der Waals surface area contributed by atoms with Crippen LogP contribution in [-0.2, 0) is 0 Å². The number of rotatable bonds is 6. The quantitative estimate of drug-likeness (QED) is 0.135. The van der Waals surface area contributed by atoms with Crippen LogP contribution in [0.2, 0.25) is 0 Å². The fraction of sp³-hybridized carbons (Fsp3) is 0. The zero-order valence-corrected chi connectivity index (χ0v) is 25.5. The molecule has 0 saturated heterocycles. The molecule has 0 bridgehead atoms. The highest BCUT2D eigenvalue weighted by atomic mass is 14.2. The van der Waals surface area contributed by atoms with Crippen molar-refractivity contribution in [2.24, 2.45) is 0 Å². The normalized spacial score (nSPS) is 11.0. The van der Waals surface area contributed by atoms with Crippen LogP contribution in [0, 0.1) is 0 Å². The molecule has 0 heterocycles. The van der Waals surface area contributed by atoms with Crippen molar-refractivity contribution in [3.63, 3.8) is 0 Å². The predicted octanol–water partition coefficient (Wildman–Crippen LogP) is 12.3. The molecular weight excluding hydrogens is 553 g/mol. The Kier molecular flexibility index (Phi) is 7.30. The first kappa shape index (κ1) is 27.6. The number of hydrogen-bond acceptors (Lipinski definition) is 0. The summed E-state index contributed by atoms with van der Waals surface area (Å²) in [6.45, 7) is 0. The lowest BCUT2D eigenvalue weighted by Gasteiger charge is -2.20. The summed E-state index contributed by atoms with van der Waals surface area (Å²) in [4.78, 5) is 0. The Morgan fingerprint density at radius 2 is 0.543 bits per heavy atom. The van der Waals surface area contributed by atoms with Gasteiger partial charge < -0.3 is 0 Å². The number of fused-ring (bicyclic) bond motifs is 2. The third-order valence-corrected chi connectivity index (χ3v) is 8.87. The molecule has 0 aliphatic rings. The van der Waals surface area contributed by atoms with Crippen LogP contribution in [0.4, 0.5) is 0 Å². The highest BCUT2D eigenvalue weighted by molar-refractivity contribution is 6.21. The molecule has 8 rings (SSSR count). The SMILES string of the molecule is c1ccc(C(=C(c2ccccc2)c2cccc(-c3c4ccccc4c(-c4ccccc4)c4ccccc34)c2)c2ccccc2)cc1. The number of benzene rings is 8. The van der Waals surface area contributed by atoms with E-state index >= 15 is 0 Å². The first-order valence-corrected chi connectivity index (χ1v) is 15.9. The third kappa shape index (κ3) is 5.01.